The van der Waals surface area contributed by atoms with Crippen LogP contribution in [-0.2, 0) is 36.8 Å². The molecule has 2 aromatic carbocycles. The highest BCUT2D eigenvalue weighted by Gasteiger charge is 2.29. The summed E-state index contributed by atoms with van der Waals surface area (Å²) in [5.41, 5.74) is 15.3. The number of H-pyrrole nitrogens is 1. The van der Waals surface area contributed by atoms with Gasteiger partial charge >= 0.3 is 5.97 Å². The van der Waals surface area contributed by atoms with Gasteiger partial charge in [-0.25, -0.2) is 0 Å². The Morgan fingerprint density at radius 1 is 1.10 bits per heavy atom. The van der Waals surface area contributed by atoms with Crippen molar-refractivity contribution in [3.05, 3.63) is 78.1 Å². The summed E-state index contributed by atoms with van der Waals surface area (Å²) in [5, 5.41) is 2.43. The largest absolute Gasteiger partial charge is 0.460 e. The standard InChI is InChI=1S/C18H20N2O2.C14H20N2O3/c1-18(2)10-21-16(22-11-18)9-15-17-13(7-8-19-15)12-5-3-4-6-14(12)20-17;15-8-4-7-12(9-17)13(16)14(18)19-10-11-5-2-1-3-6-11/h3-8,16,20H,9-11H2,1-2H3;1-3,5-6,9,12-13H,4,7-8,10,15-16H2. The number of hydrogen-bond donors (Lipinski definition) is 3. The monoisotopic (exact) mass is 560 g/mol. The molecule has 5 N–H and O–H groups in total. The Morgan fingerprint density at radius 3 is 2.51 bits per heavy atom. The molecule has 0 radical (unpaired) electrons. The number of esters is 1. The second kappa shape index (κ2) is 14.3. The number of carbonyl (C=O) groups excluding carboxylic acids is 2. The number of nitrogens with zero attached hydrogens (tertiary/aromatic N) is 1. The van der Waals surface area contributed by atoms with Crippen molar-refractivity contribution in [1.82, 2.24) is 9.97 Å². The van der Waals surface area contributed by atoms with E-state index in [4.69, 9.17) is 25.7 Å². The molecule has 0 aliphatic carbocycles. The van der Waals surface area contributed by atoms with Crippen molar-refractivity contribution in [3.8, 4) is 0 Å². The van der Waals surface area contributed by atoms with Crippen molar-refractivity contribution < 1.29 is 23.8 Å². The molecule has 0 amide bonds. The van der Waals surface area contributed by atoms with Gasteiger partial charge in [-0.3, -0.25) is 9.78 Å². The summed E-state index contributed by atoms with van der Waals surface area (Å²) in [4.78, 5) is 30.7. The van der Waals surface area contributed by atoms with E-state index in [-0.39, 0.29) is 18.3 Å². The van der Waals surface area contributed by atoms with Crippen LogP contribution in [0.25, 0.3) is 21.8 Å². The second-order valence-corrected chi connectivity index (χ2v) is 11.1. The van der Waals surface area contributed by atoms with Crippen LogP contribution in [0.5, 0.6) is 0 Å². The van der Waals surface area contributed by atoms with E-state index in [0.717, 1.165) is 35.5 Å². The van der Waals surface area contributed by atoms with Crippen LogP contribution >= 0.6 is 0 Å². The molecule has 9 nitrogen and oxygen atoms in total. The van der Waals surface area contributed by atoms with Gasteiger partial charge in [0.2, 0.25) is 0 Å². The number of aldehydes is 1. The van der Waals surface area contributed by atoms with E-state index in [9.17, 15) is 9.59 Å². The predicted molar refractivity (Wildman–Crippen MR) is 159 cm³/mol. The highest BCUT2D eigenvalue weighted by molar-refractivity contribution is 6.07. The maximum atomic E-state index is 11.7. The summed E-state index contributed by atoms with van der Waals surface area (Å²) in [6.45, 7) is 6.38. The van der Waals surface area contributed by atoms with Gasteiger partial charge < -0.3 is 35.5 Å². The third-order valence-electron chi connectivity index (χ3n) is 7.06. The lowest BCUT2D eigenvalue weighted by Gasteiger charge is -2.34. The Morgan fingerprint density at radius 2 is 1.80 bits per heavy atom. The molecule has 0 bridgehead atoms. The summed E-state index contributed by atoms with van der Waals surface area (Å²) in [5.74, 6) is -1.09. The number of benzene rings is 2. The first-order valence-corrected chi connectivity index (χ1v) is 14.0. The molecule has 0 spiro atoms. The van der Waals surface area contributed by atoms with E-state index in [1.807, 2.05) is 42.6 Å². The molecular formula is C32H40N4O5. The number of carbonyl (C=O) groups is 2. The minimum atomic E-state index is -0.923. The Labute approximate surface area is 240 Å². The van der Waals surface area contributed by atoms with Crippen LogP contribution in [-0.4, -0.2) is 54.3 Å². The van der Waals surface area contributed by atoms with E-state index in [0.29, 0.717) is 32.1 Å². The number of aromatic amines is 1. The first kappa shape index (κ1) is 30.3. The van der Waals surface area contributed by atoms with Gasteiger partial charge in [0.15, 0.2) is 6.29 Å². The van der Waals surface area contributed by atoms with Crippen LogP contribution in [0.4, 0.5) is 0 Å². The molecule has 218 valence electrons. The van der Waals surface area contributed by atoms with Gasteiger partial charge in [-0.15, -0.1) is 0 Å². The topological polar surface area (TPSA) is 143 Å². The Hall–Kier alpha value is -3.63. The van der Waals surface area contributed by atoms with Gasteiger partial charge in [-0.2, -0.15) is 0 Å². The van der Waals surface area contributed by atoms with E-state index < -0.39 is 17.9 Å². The predicted octanol–water partition coefficient (Wildman–Crippen LogP) is 4.27. The van der Waals surface area contributed by atoms with Gasteiger partial charge in [0.1, 0.15) is 18.9 Å². The number of rotatable bonds is 10. The molecule has 3 heterocycles. The third kappa shape index (κ3) is 8.20. The van der Waals surface area contributed by atoms with Crippen LogP contribution in [0, 0.1) is 11.3 Å². The van der Waals surface area contributed by atoms with Crippen molar-refractivity contribution in [1.29, 1.82) is 0 Å². The number of pyridine rings is 1. The van der Waals surface area contributed by atoms with Crippen molar-refractivity contribution in [2.45, 2.75) is 52.0 Å². The van der Waals surface area contributed by atoms with Crippen molar-refractivity contribution in [3.63, 3.8) is 0 Å². The van der Waals surface area contributed by atoms with Crippen LogP contribution in [0.1, 0.15) is 37.9 Å². The molecule has 1 fully saturated rings. The lowest BCUT2D eigenvalue weighted by molar-refractivity contribution is -0.220. The lowest BCUT2D eigenvalue weighted by atomic mass is 9.95. The normalized spacial score (nSPS) is 16.5. The molecule has 2 atom stereocenters. The molecule has 1 aliphatic rings. The number of fused-ring (bicyclic) bond motifs is 3. The molecule has 1 saturated heterocycles. The molecule has 5 rings (SSSR count). The zero-order valence-electron chi connectivity index (χ0n) is 23.8. The maximum absolute atomic E-state index is 11.7. The van der Waals surface area contributed by atoms with Gasteiger partial charge in [0.05, 0.1) is 24.4 Å². The van der Waals surface area contributed by atoms with E-state index in [2.05, 4.69) is 48.1 Å². The van der Waals surface area contributed by atoms with Crippen LogP contribution in [0.15, 0.2) is 66.9 Å². The van der Waals surface area contributed by atoms with Gasteiger partial charge in [0, 0.05) is 40.2 Å². The molecular weight excluding hydrogens is 520 g/mol. The zero-order valence-corrected chi connectivity index (χ0v) is 23.8. The van der Waals surface area contributed by atoms with Crippen molar-refractivity contribution in [2.24, 2.45) is 22.8 Å². The first-order valence-electron chi connectivity index (χ1n) is 14.0. The van der Waals surface area contributed by atoms with Gasteiger partial charge in [0.25, 0.3) is 0 Å². The molecule has 4 aromatic rings. The fourth-order valence-electron chi connectivity index (χ4n) is 4.67. The quantitative estimate of drug-likeness (QED) is 0.193. The van der Waals surface area contributed by atoms with Crippen LogP contribution in [0.3, 0.4) is 0 Å². The Bertz CT molecular complexity index is 1410. The molecule has 1 aliphatic heterocycles. The average molecular weight is 561 g/mol. The fraction of sp³-hybridized carbons (Fsp3) is 0.406. The summed E-state index contributed by atoms with van der Waals surface area (Å²) in [6.07, 6.45) is 4.18. The van der Waals surface area contributed by atoms with Crippen LogP contribution in [0.2, 0.25) is 0 Å². The second-order valence-electron chi connectivity index (χ2n) is 11.1. The number of nitrogens with one attached hydrogen (secondary N) is 1. The highest BCUT2D eigenvalue weighted by Crippen LogP contribution is 2.29. The Kier molecular flexibility index (Phi) is 10.6. The van der Waals surface area contributed by atoms with Gasteiger partial charge in [-0.1, -0.05) is 62.4 Å². The zero-order chi connectivity index (χ0) is 29.2. The average Bonchev–Trinajstić information content (AvgIpc) is 3.38. The molecule has 2 unspecified atom stereocenters. The maximum Gasteiger partial charge on any atom is 0.323 e. The summed E-state index contributed by atoms with van der Waals surface area (Å²) >= 11 is 0. The number of para-hydroxylation sites is 1. The van der Waals surface area contributed by atoms with Gasteiger partial charge in [-0.05, 0) is 37.1 Å². The third-order valence-corrected chi connectivity index (χ3v) is 7.06. The first-order chi connectivity index (χ1) is 19.8. The highest BCUT2D eigenvalue weighted by atomic mass is 16.7. The molecule has 9 heteroatoms. The number of nitrogens with two attached hydrogens (primary N) is 2. The molecule has 41 heavy (non-hydrogen) atoms. The summed E-state index contributed by atoms with van der Waals surface area (Å²) in [6, 6.07) is 18.8. The van der Waals surface area contributed by atoms with E-state index in [1.165, 1.54) is 10.8 Å². The smallest absolute Gasteiger partial charge is 0.323 e. The molecule has 0 saturated carbocycles. The SMILES string of the molecule is CC1(C)COC(Cc2nccc3c2[nH]c2ccccc23)OC1.NCCCC(C=O)C(N)C(=O)OCc1ccccc1. The van der Waals surface area contributed by atoms with Crippen molar-refractivity contribution >= 4 is 34.1 Å². The number of ether oxygens (including phenoxy) is 3. The van der Waals surface area contributed by atoms with E-state index >= 15 is 0 Å². The Balaban J connectivity index is 0.000000192. The molecule has 2 aromatic heterocycles. The van der Waals surface area contributed by atoms with Crippen molar-refractivity contribution in [2.75, 3.05) is 19.8 Å². The lowest BCUT2D eigenvalue weighted by Crippen LogP contribution is -2.40. The minimum Gasteiger partial charge on any atom is -0.460 e. The summed E-state index contributed by atoms with van der Waals surface area (Å²) < 4.78 is 16.8. The number of hydrogen-bond acceptors (Lipinski definition) is 8. The minimum absolute atomic E-state index is 0.0943. The number of aromatic nitrogens is 2. The fourth-order valence-corrected chi connectivity index (χ4v) is 4.67. The van der Waals surface area contributed by atoms with E-state index in [1.54, 1.807) is 0 Å². The van der Waals surface area contributed by atoms with Crippen LogP contribution < -0.4 is 11.5 Å². The summed E-state index contributed by atoms with van der Waals surface area (Å²) in [7, 11) is 0.